The van der Waals surface area contributed by atoms with Gasteiger partial charge in [-0.15, -0.1) is 0 Å². The van der Waals surface area contributed by atoms with Crippen molar-refractivity contribution in [3.63, 3.8) is 0 Å². The highest BCUT2D eigenvalue weighted by Crippen LogP contribution is 2.46. The highest BCUT2D eigenvalue weighted by Gasteiger charge is 2.50. The van der Waals surface area contributed by atoms with Crippen LogP contribution in [0.3, 0.4) is 0 Å². The number of anilines is 1. The highest BCUT2D eigenvalue weighted by atomic mass is 16.1. The molecule has 4 rings (SSSR count). The Hall–Kier alpha value is -2.44. The number of nitrogens with one attached hydrogen (secondary N) is 1. The van der Waals surface area contributed by atoms with Gasteiger partial charge in [0.2, 0.25) is 11.9 Å². The van der Waals surface area contributed by atoms with Gasteiger partial charge in [0.25, 0.3) is 0 Å². The van der Waals surface area contributed by atoms with Crippen LogP contribution >= 0.6 is 0 Å². The number of rotatable bonds is 6. The Bertz CT molecular complexity index is 828. The van der Waals surface area contributed by atoms with Gasteiger partial charge >= 0.3 is 0 Å². The lowest BCUT2D eigenvalue weighted by Crippen LogP contribution is -2.47. The number of aromatic nitrogens is 4. The fourth-order valence-electron chi connectivity index (χ4n) is 4.45. The van der Waals surface area contributed by atoms with Gasteiger partial charge in [-0.1, -0.05) is 0 Å². The first-order valence-electron chi connectivity index (χ1n) is 10.3. The molecule has 150 valence electrons. The first-order valence-corrected chi connectivity index (χ1v) is 10.3. The molecule has 7 heteroatoms. The van der Waals surface area contributed by atoms with Crippen LogP contribution in [-0.4, -0.2) is 44.1 Å². The Kier molecular flexibility index (Phi) is 5.08. The van der Waals surface area contributed by atoms with E-state index >= 15 is 0 Å². The van der Waals surface area contributed by atoms with Crippen LogP contribution in [0.15, 0.2) is 18.5 Å². The van der Waals surface area contributed by atoms with E-state index in [2.05, 4.69) is 25.2 Å². The Morgan fingerprint density at radius 2 is 1.89 bits per heavy atom. The smallest absolute Gasteiger partial charge is 0.225 e. The van der Waals surface area contributed by atoms with Gasteiger partial charge in [-0.3, -0.25) is 4.79 Å². The van der Waals surface area contributed by atoms with Crippen LogP contribution in [0.1, 0.15) is 49.3 Å². The molecular formula is C21H30N6O. The standard InChI is InChI=1S/C21H30N6O/c1-15-14-16(2)24-20(23-15)27-11-6-17(7-12-27)21(8-9-21)25-19(28)5-4-18-22-10-13-26(18)3/h10,13-14,17H,4-9,11-12H2,1-3H3,(H,25,28). The summed E-state index contributed by atoms with van der Waals surface area (Å²) in [4.78, 5) is 28.3. The molecule has 28 heavy (non-hydrogen) atoms. The topological polar surface area (TPSA) is 75.9 Å². The molecule has 1 aliphatic carbocycles. The maximum Gasteiger partial charge on any atom is 0.225 e. The van der Waals surface area contributed by atoms with Gasteiger partial charge in [0.1, 0.15) is 5.82 Å². The summed E-state index contributed by atoms with van der Waals surface area (Å²) in [7, 11) is 1.97. The summed E-state index contributed by atoms with van der Waals surface area (Å²) in [6, 6.07) is 2.01. The van der Waals surface area contributed by atoms with Crippen molar-refractivity contribution in [3.8, 4) is 0 Å². The molecule has 0 spiro atoms. The van der Waals surface area contributed by atoms with E-state index in [1.54, 1.807) is 6.20 Å². The molecule has 2 aromatic heterocycles. The number of carbonyl (C=O) groups excluding carboxylic acids is 1. The Labute approximate surface area is 166 Å². The van der Waals surface area contributed by atoms with Crippen LogP contribution in [0.5, 0.6) is 0 Å². The van der Waals surface area contributed by atoms with Crippen molar-refractivity contribution >= 4 is 11.9 Å². The lowest BCUT2D eigenvalue weighted by atomic mass is 9.87. The number of aryl methyl sites for hydroxylation is 4. The Morgan fingerprint density at radius 1 is 1.21 bits per heavy atom. The van der Waals surface area contributed by atoms with E-state index in [1.165, 1.54) is 0 Å². The Balaban J connectivity index is 1.30. The second kappa shape index (κ2) is 7.53. The van der Waals surface area contributed by atoms with E-state index in [0.717, 1.165) is 61.9 Å². The molecule has 0 unspecified atom stereocenters. The second-order valence-corrected chi connectivity index (χ2v) is 8.37. The fourth-order valence-corrected chi connectivity index (χ4v) is 4.45. The number of hydrogen-bond donors (Lipinski definition) is 1. The van der Waals surface area contributed by atoms with E-state index in [1.807, 2.05) is 37.7 Å². The summed E-state index contributed by atoms with van der Waals surface area (Å²) in [5.74, 6) is 2.51. The third-order valence-corrected chi connectivity index (χ3v) is 6.20. The quantitative estimate of drug-likeness (QED) is 0.830. The first-order chi connectivity index (χ1) is 13.4. The molecule has 7 nitrogen and oxygen atoms in total. The summed E-state index contributed by atoms with van der Waals surface area (Å²) in [6.07, 6.45) is 9.26. The first kappa shape index (κ1) is 18.9. The van der Waals surface area contributed by atoms with E-state index < -0.39 is 0 Å². The zero-order valence-electron chi connectivity index (χ0n) is 17.1. The third kappa shape index (κ3) is 4.03. The van der Waals surface area contributed by atoms with E-state index in [4.69, 9.17) is 0 Å². The molecule has 3 heterocycles. The van der Waals surface area contributed by atoms with Gasteiger partial charge in [0, 0.05) is 62.3 Å². The van der Waals surface area contributed by atoms with Crippen LogP contribution in [-0.2, 0) is 18.3 Å². The predicted octanol–water partition coefficient (Wildman–Crippen LogP) is 2.32. The van der Waals surface area contributed by atoms with E-state index in [0.29, 0.717) is 18.8 Å². The molecule has 1 saturated carbocycles. The van der Waals surface area contributed by atoms with E-state index in [9.17, 15) is 4.79 Å². The lowest BCUT2D eigenvalue weighted by Gasteiger charge is -2.37. The third-order valence-electron chi connectivity index (χ3n) is 6.20. The molecule has 0 bridgehead atoms. The van der Waals surface area contributed by atoms with Gasteiger partial charge in [-0.2, -0.15) is 0 Å². The van der Waals surface area contributed by atoms with Gasteiger partial charge in [0.05, 0.1) is 0 Å². The molecule has 0 aromatic carbocycles. The summed E-state index contributed by atoms with van der Waals surface area (Å²) in [6.45, 7) is 5.95. The highest BCUT2D eigenvalue weighted by molar-refractivity contribution is 5.77. The number of hydrogen-bond acceptors (Lipinski definition) is 5. The van der Waals surface area contributed by atoms with Crippen molar-refractivity contribution in [1.82, 2.24) is 24.8 Å². The molecule has 1 saturated heterocycles. The summed E-state index contributed by atoms with van der Waals surface area (Å²) >= 11 is 0. The monoisotopic (exact) mass is 382 g/mol. The summed E-state index contributed by atoms with van der Waals surface area (Å²) in [5, 5.41) is 3.37. The zero-order valence-corrected chi connectivity index (χ0v) is 17.1. The molecule has 2 aromatic rings. The number of piperidine rings is 1. The minimum atomic E-state index is 0.0220. The van der Waals surface area contributed by atoms with Crippen molar-refractivity contribution in [2.75, 3.05) is 18.0 Å². The van der Waals surface area contributed by atoms with Crippen molar-refractivity contribution in [2.45, 2.75) is 57.9 Å². The van der Waals surface area contributed by atoms with Crippen LogP contribution in [0.4, 0.5) is 5.95 Å². The largest absolute Gasteiger partial charge is 0.350 e. The maximum atomic E-state index is 12.5. The van der Waals surface area contributed by atoms with Gasteiger partial charge in [-0.25, -0.2) is 15.0 Å². The molecule has 2 fully saturated rings. The number of carbonyl (C=O) groups is 1. The van der Waals surface area contributed by atoms with Crippen LogP contribution in [0.25, 0.3) is 0 Å². The van der Waals surface area contributed by atoms with Crippen LogP contribution < -0.4 is 10.2 Å². The van der Waals surface area contributed by atoms with Crippen molar-refractivity contribution in [1.29, 1.82) is 0 Å². The summed E-state index contributed by atoms with van der Waals surface area (Å²) in [5.41, 5.74) is 2.06. The zero-order chi connectivity index (χ0) is 19.7. The normalized spacial score (nSPS) is 18.9. The number of amides is 1. The van der Waals surface area contributed by atoms with Crippen molar-refractivity contribution < 1.29 is 4.79 Å². The van der Waals surface area contributed by atoms with Crippen LogP contribution in [0.2, 0.25) is 0 Å². The minimum Gasteiger partial charge on any atom is -0.350 e. The molecule has 2 aliphatic rings. The summed E-state index contributed by atoms with van der Waals surface area (Å²) < 4.78 is 1.98. The number of imidazole rings is 1. The molecule has 1 aliphatic heterocycles. The molecule has 0 radical (unpaired) electrons. The molecular weight excluding hydrogens is 352 g/mol. The van der Waals surface area contributed by atoms with Gasteiger partial charge in [0.15, 0.2) is 0 Å². The Morgan fingerprint density at radius 3 is 2.46 bits per heavy atom. The second-order valence-electron chi connectivity index (χ2n) is 8.37. The van der Waals surface area contributed by atoms with Gasteiger partial charge < -0.3 is 14.8 Å². The minimum absolute atomic E-state index is 0.0220. The lowest BCUT2D eigenvalue weighted by molar-refractivity contribution is -0.122. The SMILES string of the molecule is Cc1cc(C)nc(N2CCC(C3(NC(=O)CCc4nccn4C)CC3)CC2)n1. The van der Waals surface area contributed by atoms with Gasteiger partial charge in [-0.05, 0) is 51.5 Å². The fraction of sp³-hybridized carbons (Fsp3) is 0.619. The molecule has 1 amide bonds. The van der Waals surface area contributed by atoms with Crippen LogP contribution in [0, 0.1) is 19.8 Å². The average Bonchev–Trinajstić information content (AvgIpc) is 3.32. The molecule has 1 N–H and O–H groups in total. The van der Waals surface area contributed by atoms with E-state index in [-0.39, 0.29) is 11.4 Å². The molecule has 0 atom stereocenters. The van der Waals surface area contributed by atoms with Crippen molar-refractivity contribution in [2.24, 2.45) is 13.0 Å². The predicted molar refractivity (Wildman–Crippen MR) is 108 cm³/mol. The van der Waals surface area contributed by atoms with Crippen molar-refractivity contribution in [3.05, 3.63) is 35.7 Å². The average molecular weight is 383 g/mol. The number of nitrogens with zero attached hydrogens (tertiary/aromatic N) is 5. The maximum absolute atomic E-state index is 12.5.